The van der Waals surface area contributed by atoms with Gasteiger partial charge in [-0.25, -0.2) is 15.0 Å². The van der Waals surface area contributed by atoms with Gasteiger partial charge in [-0.15, -0.1) is 0 Å². The number of nitrogens with zero attached hydrogens (tertiary/aromatic N) is 6. The second kappa shape index (κ2) is 21.2. The van der Waals surface area contributed by atoms with Crippen LogP contribution < -0.4 is 0 Å². The molecule has 0 aliphatic rings. The maximum atomic E-state index is 10.2. The van der Waals surface area contributed by atoms with Gasteiger partial charge in [0.05, 0.1) is 45.1 Å². The van der Waals surface area contributed by atoms with Crippen molar-refractivity contribution in [2.45, 2.75) is 157 Å². The third-order valence-corrected chi connectivity index (χ3v) is 17.9. The lowest BCUT2D eigenvalue weighted by atomic mass is 9.79. The fourth-order valence-electron chi connectivity index (χ4n) is 12.4. The molecule has 3 heterocycles. The Balaban J connectivity index is 1.22. The van der Waals surface area contributed by atoms with Crippen LogP contribution in [0.4, 0.5) is 0 Å². The van der Waals surface area contributed by atoms with E-state index in [2.05, 4.69) is 304 Å². The Bertz CT molecular complexity index is 4640. The van der Waals surface area contributed by atoms with Crippen molar-refractivity contribution in [3.05, 3.63) is 221 Å². The molecule has 0 aliphatic carbocycles. The smallest absolute Gasteiger partial charge is 0.164 e. The summed E-state index contributed by atoms with van der Waals surface area (Å²) < 4.78 is 4.93. The highest BCUT2D eigenvalue weighted by molar-refractivity contribution is 6.12. The van der Waals surface area contributed by atoms with Gasteiger partial charge in [0.15, 0.2) is 17.5 Å². The van der Waals surface area contributed by atoms with Gasteiger partial charge in [-0.3, -0.25) is 0 Å². The van der Waals surface area contributed by atoms with Crippen LogP contribution in [0.1, 0.15) is 164 Å². The molecule has 0 unspecified atom stereocenters. The minimum Gasteiger partial charge on any atom is -0.309 e. The molecule has 0 bridgehead atoms. The second-order valence-corrected chi connectivity index (χ2v) is 30.7. The summed E-state index contributed by atoms with van der Waals surface area (Å²) in [7, 11) is 0. The summed E-state index contributed by atoms with van der Waals surface area (Å²) in [6.07, 6.45) is 0. The van der Waals surface area contributed by atoms with Gasteiger partial charge >= 0.3 is 0 Å². The summed E-state index contributed by atoms with van der Waals surface area (Å²) in [5, 5.41) is 15.0. The Morgan fingerprint density at radius 2 is 0.682 bits per heavy atom. The molecule has 0 N–H and O–H groups in total. The first-order chi connectivity index (χ1) is 41.3. The van der Waals surface area contributed by atoms with Crippen LogP contribution in [0, 0.1) is 11.3 Å². The average molecular weight is 1150 g/mol. The first-order valence-corrected chi connectivity index (χ1v) is 31.3. The van der Waals surface area contributed by atoms with Gasteiger partial charge in [-0.05, 0) is 174 Å². The zero-order chi connectivity index (χ0) is 62.8. The van der Waals surface area contributed by atoms with E-state index in [0.29, 0.717) is 23.0 Å². The van der Waals surface area contributed by atoms with Crippen molar-refractivity contribution in [2.24, 2.45) is 0 Å². The Morgan fingerprint density at radius 1 is 0.284 bits per heavy atom. The molecule has 0 fully saturated rings. The third kappa shape index (κ3) is 11.0. The zero-order valence-electron chi connectivity index (χ0n) is 55.0. The van der Waals surface area contributed by atoms with Crippen LogP contribution in [0.5, 0.6) is 0 Å². The molecule has 12 aromatic rings. The maximum Gasteiger partial charge on any atom is 0.164 e. The largest absolute Gasteiger partial charge is 0.309 e. The normalized spacial score (nSPS) is 12.9. The van der Waals surface area contributed by atoms with E-state index in [1.165, 1.54) is 54.9 Å². The summed E-state index contributed by atoms with van der Waals surface area (Å²) in [6, 6.07) is 69.6. The van der Waals surface area contributed by atoms with Gasteiger partial charge in [-0.2, -0.15) is 5.26 Å². The number of fused-ring (bicyclic) bond motifs is 6. The summed E-state index contributed by atoms with van der Waals surface area (Å²) in [5.41, 5.74) is 20.6. The fourth-order valence-corrected chi connectivity index (χ4v) is 12.4. The lowest BCUT2D eigenvalue weighted by molar-refractivity contribution is 0.568. The van der Waals surface area contributed by atoms with Crippen molar-refractivity contribution in [3.8, 4) is 73.9 Å². The first kappa shape index (κ1) is 59.4. The summed E-state index contributed by atoms with van der Waals surface area (Å²) in [5.74, 6) is 1.84. The fraction of sp³-hybridized carbons (Fsp3) is 0.293. The van der Waals surface area contributed by atoms with Gasteiger partial charge in [0.25, 0.3) is 0 Å². The van der Waals surface area contributed by atoms with Crippen molar-refractivity contribution in [1.82, 2.24) is 24.1 Å². The number of benzene rings is 9. The number of para-hydroxylation sites is 2. The predicted molar refractivity (Wildman–Crippen MR) is 373 cm³/mol. The number of rotatable bonds is 7. The van der Waals surface area contributed by atoms with Crippen LogP contribution in [-0.4, -0.2) is 24.1 Å². The Kier molecular flexibility index (Phi) is 14.3. The molecule has 12 rings (SSSR count). The van der Waals surface area contributed by atoms with Crippen LogP contribution in [0.3, 0.4) is 0 Å². The maximum absolute atomic E-state index is 10.2. The van der Waals surface area contributed by atoms with E-state index in [1.807, 2.05) is 18.2 Å². The van der Waals surface area contributed by atoms with E-state index in [9.17, 15) is 5.26 Å². The summed E-state index contributed by atoms with van der Waals surface area (Å²) in [4.78, 5) is 16.8. The highest BCUT2D eigenvalue weighted by Crippen LogP contribution is 2.46. The van der Waals surface area contributed by atoms with Crippen molar-refractivity contribution in [1.29, 1.82) is 5.26 Å². The van der Waals surface area contributed by atoms with Gasteiger partial charge in [-0.1, -0.05) is 210 Å². The van der Waals surface area contributed by atoms with E-state index in [0.717, 1.165) is 72.4 Å². The number of aromatic nitrogens is 5. The highest BCUT2D eigenvalue weighted by atomic mass is 15.0. The minimum atomic E-state index is -0.139. The van der Waals surface area contributed by atoms with E-state index in [1.54, 1.807) is 0 Å². The lowest BCUT2D eigenvalue weighted by Crippen LogP contribution is -2.17. The molecule has 0 saturated heterocycles. The molecule has 9 aromatic carbocycles. The Labute approximate surface area is 522 Å². The Morgan fingerprint density at radius 3 is 1.12 bits per heavy atom. The first-order valence-electron chi connectivity index (χ1n) is 31.3. The van der Waals surface area contributed by atoms with Crippen LogP contribution in [0.2, 0.25) is 0 Å². The quantitative estimate of drug-likeness (QED) is 0.159. The topological polar surface area (TPSA) is 72.3 Å². The van der Waals surface area contributed by atoms with Gasteiger partial charge < -0.3 is 9.13 Å². The number of nitriles is 1. The van der Waals surface area contributed by atoms with Crippen molar-refractivity contribution >= 4 is 43.6 Å². The van der Waals surface area contributed by atoms with Crippen molar-refractivity contribution in [2.75, 3.05) is 0 Å². The van der Waals surface area contributed by atoms with E-state index in [-0.39, 0.29) is 32.5 Å². The van der Waals surface area contributed by atoms with Crippen LogP contribution in [0.15, 0.2) is 182 Å². The SMILES string of the molecule is CC(C)(C)c1cc(-c2nc(-c3cc(C(C)(C)C)cc(C(C)(C)C)c3)nc(-c3ccc(-n4c5ccccc5c5cc(C(C)(C)C)ccc54)c(-c4ccc(-c5cccc(C#N)c5)cc4-n4c5ccccc5c5cc(C(C)(C)C)ccc54)c3)n2)cc(C(C)(C)C)c1. The van der Waals surface area contributed by atoms with Crippen molar-refractivity contribution in [3.63, 3.8) is 0 Å². The molecular formula is C82H84N6. The molecule has 0 spiro atoms. The number of hydrogen-bond acceptors (Lipinski definition) is 4. The number of hydrogen-bond donors (Lipinski definition) is 0. The molecule has 442 valence electrons. The molecule has 0 saturated carbocycles. The molecule has 0 aliphatic heterocycles. The monoisotopic (exact) mass is 1150 g/mol. The van der Waals surface area contributed by atoms with Crippen LogP contribution in [-0.2, 0) is 32.5 Å². The third-order valence-electron chi connectivity index (χ3n) is 17.9. The predicted octanol–water partition coefficient (Wildman–Crippen LogP) is 22.1. The van der Waals surface area contributed by atoms with Gasteiger partial charge in [0.1, 0.15) is 0 Å². The second-order valence-electron chi connectivity index (χ2n) is 30.7. The molecule has 0 atom stereocenters. The molecule has 88 heavy (non-hydrogen) atoms. The molecular weight excluding hydrogens is 1070 g/mol. The molecule has 0 radical (unpaired) electrons. The molecule has 3 aromatic heterocycles. The summed E-state index contributed by atoms with van der Waals surface area (Å²) in [6.45, 7) is 41.1. The Hall–Kier alpha value is -8.92. The van der Waals surface area contributed by atoms with Crippen molar-refractivity contribution < 1.29 is 0 Å². The van der Waals surface area contributed by atoms with E-state index >= 15 is 0 Å². The average Bonchev–Trinajstić information content (AvgIpc) is 1.59. The molecule has 6 heteroatoms. The van der Waals surface area contributed by atoms with Gasteiger partial charge in [0, 0.05) is 49.4 Å². The van der Waals surface area contributed by atoms with Crippen LogP contribution in [0.25, 0.3) is 111 Å². The standard InChI is InChI=1S/C82H84N6/c1-77(2,3)56-32-36-71-66(47-56)62-26-19-21-28-68(62)87(71)70-35-31-53(74-84-75(54-39-58(79(7,8)9)45-59(40-54)80(10,11)12)86-76(85-74)55-41-60(81(13,14)15)46-61(42-55)82(16,17)18)43-65(70)64-34-30-52(51-25-23-24-50(38-51)49-83)44-73(64)88-69-29-22-20-27-63(69)67-48-57(78(4,5)6)33-37-72(67)88/h19-48H,1-18H3. The zero-order valence-corrected chi connectivity index (χ0v) is 55.0. The molecule has 0 amide bonds. The van der Waals surface area contributed by atoms with E-state index in [4.69, 9.17) is 15.0 Å². The van der Waals surface area contributed by atoms with Crippen LogP contribution >= 0.6 is 0 Å². The van der Waals surface area contributed by atoms with Gasteiger partial charge in [0.2, 0.25) is 0 Å². The minimum absolute atomic E-state index is 0.0590. The lowest BCUT2D eigenvalue weighted by Gasteiger charge is -2.26. The summed E-state index contributed by atoms with van der Waals surface area (Å²) >= 11 is 0. The molecule has 6 nitrogen and oxygen atoms in total. The highest BCUT2D eigenvalue weighted by Gasteiger charge is 2.29. The van der Waals surface area contributed by atoms with E-state index < -0.39 is 0 Å².